The van der Waals surface area contributed by atoms with Crippen molar-refractivity contribution in [3.63, 3.8) is 0 Å². The lowest BCUT2D eigenvalue weighted by atomic mass is 9.83. The first-order valence-electron chi connectivity index (χ1n) is 6.19. The molecule has 1 rings (SSSR count). The van der Waals surface area contributed by atoms with Crippen LogP contribution in [0.15, 0.2) is 0 Å². The summed E-state index contributed by atoms with van der Waals surface area (Å²) in [5.41, 5.74) is -0.575. The van der Waals surface area contributed by atoms with Gasteiger partial charge in [-0.05, 0) is 19.9 Å². The fourth-order valence-electron chi connectivity index (χ4n) is 2.35. The van der Waals surface area contributed by atoms with Crippen LogP contribution in [0.3, 0.4) is 0 Å². The van der Waals surface area contributed by atoms with Crippen LogP contribution in [-0.4, -0.2) is 36.0 Å². The van der Waals surface area contributed by atoms with Crippen LogP contribution in [-0.2, 0) is 4.74 Å². The monoisotopic (exact) mass is 215 g/mol. The Morgan fingerprint density at radius 1 is 1.53 bits per heavy atom. The number of nitrogens with one attached hydrogen (secondary N) is 1. The fourth-order valence-corrected chi connectivity index (χ4v) is 2.35. The van der Waals surface area contributed by atoms with Crippen LogP contribution in [0, 0.1) is 0 Å². The van der Waals surface area contributed by atoms with Crippen molar-refractivity contribution in [2.24, 2.45) is 0 Å². The maximum absolute atomic E-state index is 10.5. The van der Waals surface area contributed by atoms with Gasteiger partial charge < -0.3 is 15.2 Å². The summed E-state index contributed by atoms with van der Waals surface area (Å²) in [4.78, 5) is 0. The molecule has 1 aliphatic rings. The van der Waals surface area contributed by atoms with E-state index in [9.17, 15) is 5.11 Å². The van der Waals surface area contributed by atoms with E-state index < -0.39 is 5.60 Å². The highest BCUT2D eigenvalue weighted by atomic mass is 16.5. The third kappa shape index (κ3) is 3.44. The molecule has 1 fully saturated rings. The van der Waals surface area contributed by atoms with Gasteiger partial charge in [0.25, 0.3) is 0 Å². The van der Waals surface area contributed by atoms with Crippen LogP contribution in [0.4, 0.5) is 0 Å². The SMILES string of the molecule is CCCC1CC(O)(C(C)NCC)CCO1. The molecule has 0 aromatic heterocycles. The molecule has 2 N–H and O–H groups in total. The summed E-state index contributed by atoms with van der Waals surface area (Å²) in [5, 5.41) is 13.8. The van der Waals surface area contributed by atoms with Crippen molar-refractivity contribution in [3.8, 4) is 0 Å². The molecule has 3 heteroatoms. The molecular formula is C12H25NO2. The van der Waals surface area contributed by atoms with E-state index in [0.717, 1.165) is 32.2 Å². The van der Waals surface area contributed by atoms with Gasteiger partial charge in [-0.2, -0.15) is 0 Å². The number of aliphatic hydroxyl groups is 1. The first-order chi connectivity index (χ1) is 7.12. The topological polar surface area (TPSA) is 41.5 Å². The highest BCUT2D eigenvalue weighted by Crippen LogP contribution is 2.29. The lowest BCUT2D eigenvalue weighted by Crippen LogP contribution is -2.54. The number of likely N-dealkylation sites (N-methyl/N-ethyl adjacent to an activating group) is 1. The second-order valence-corrected chi connectivity index (χ2v) is 4.62. The maximum Gasteiger partial charge on any atom is 0.0843 e. The van der Waals surface area contributed by atoms with E-state index in [0.29, 0.717) is 6.61 Å². The molecule has 0 amide bonds. The Balaban J connectivity index is 2.51. The van der Waals surface area contributed by atoms with Gasteiger partial charge in [0.05, 0.1) is 11.7 Å². The Hall–Kier alpha value is -0.120. The molecule has 15 heavy (non-hydrogen) atoms. The van der Waals surface area contributed by atoms with Crippen LogP contribution >= 0.6 is 0 Å². The summed E-state index contributed by atoms with van der Waals surface area (Å²) in [6.45, 7) is 7.89. The van der Waals surface area contributed by atoms with Crippen molar-refractivity contribution in [3.05, 3.63) is 0 Å². The van der Waals surface area contributed by atoms with Gasteiger partial charge in [0.15, 0.2) is 0 Å². The quantitative estimate of drug-likeness (QED) is 0.733. The fraction of sp³-hybridized carbons (Fsp3) is 1.00. The molecule has 0 spiro atoms. The number of ether oxygens (including phenoxy) is 1. The van der Waals surface area contributed by atoms with E-state index in [2.05, 4.69) is 26.1 Å². The Morgan fingerprint density at radius 3 is 2.87 bits per heavy atom. The summed E-state index contributed by atoms with van der Waals surface area (Å²) in [6, 6.07) is 0.158. The molecule has 1 aliphatic heterocycles. The predicted molar refractivity (Wildman–Crippen MR) is 62.0 cm³/mol. The highest BCUT2D eigenvalue weighted by Gasteiger charge is 2.38. The average molecular weight is 215 g/mol. The largest absolute Gasteiger partial charge is 0.388 e. The molecule has 0 aromatic rings. The molecule has 3 atom stereocenters. The highest BCUT2D eigenvalue weighted by molar-refractivity contribution is 4.93. The van der Waals surface area contributed by atoms with Crippen LogP contribution < -0.4 is 5.32 Å². The molecule has 1 heterocycles. The zero-order chi connectivity index (χ0) is 11.3. The molecule has 0 aliphatic carbocycles. The predicted octanol–water partition coefficient (Wildman–Crippen LogP) is 1.69. The van der Waals surface area contributed by atoms with Crippen LogP contribution in [0.25, 0.3) is 0 Å². The van der Waals surface area contributed by atoms with Gasteiger partial charge in [0.1, 0.15) is 0 Å². The van der Waals surface area contributed by atoms with Crippen LogP contribution in [0.5, 0.6) is 0 Å². The first kappa shape index (κ1) is 12.9. The van der Waals surface area contributed by atoms with Gasteiger partial charge in [0.2, 0.25) is 0 Å². The molecule has 0 aromatic carbocycles. The van der Waals surface area contributed by atoms with E-state index in [1.165, 1.54) is 0 Å². The van der Waals surface area contributed by atoms with Gasteiger partial charge >= 0.3 is 0 Å². The van der Waals surface area contributed by atoms with Crippen molar-refractivity contribution in [2.45, 2.75) is 64.2 Å². The molecule has 1 saturated heterocycles. The normalized spacial score (nSPS) is 34.0. The van der Waals surface area contributed by atoms with Crippen molar-refractivity contribution >= 4 is 0 Å². The second kappa shape index (κ2) is 5.83. The zero-order valence-electron chi connectivity index (χ0n) is 10.3. The van der Waals surface area contributed by atoms with Gasteiger partial charge in [-0.3, -0.25) is 0 Å². The second-order valence-electron chi connectivity index (χ2n) is 4.62. The number of hydrogen-bond donors (Lipinski definition) is 2. The van der Waals surface area contributed by atoms with E-state index >= 15 is 0 Å². The van der Waals surface area contributed by atoms with Crippen LogP contribution in [0.2, 0.25) is 0 Å². The number of hydrogen-bond acceptors (Lipinski definition) is 3. The Bertz CT molecular complexity index is 184. The molecule has 0 radical (unpaired) electrons. The summed E-state index contributed by atoms with van der Waals surface area (Å²) < 4.78 is 5.65. The van der Waals surface area contributed by atoms with Gasteiger partial charge in [-0.25, -0.2) is 0 Å². The standard InChI is InChI=1S/C12H25NO2/c1-4-6-11-9-12(14,7-8-15-11)10(3)13-5-2/h10-11,13-14H,4-9H2,1-3H3. The van der Waals surface area contributed by atoms with Crippen molar-refractivity contribution in [1.29, 1.82) is 0 Å². The molecular weight excluding hydrogens is 190 g/mol. The van der Waals surface area contributed by atoms with Gasteiger partial charge in [-0.1, -0.05) is 20.3 Å². The third-order valence-electron chi connectivity index (χ3n) is 3.40. The van der Waals surface area contributed by atoms with Gasteiger partial charge in [-0.15, -0.1) is 0 Å². The Kier molecular flexibility index (Phi) is 5.03. The van der Waals surface area contributed by atoms with Crippen LogP contribution in [0.1, 0.15) is 46.5 Å². The molecule has 0 saturated carbocycles. The lowest BCUT2D eigenvalue weighted by molar-refractivity contribution is -0.119. The van der Waals surface area contributed by atoms with Crippen molar-refractivity contribution in [2.75, 3.05) is 13.2 Å². The lowest BCUT2D eigenvalue weighted by Gasteiger charge is -2.41. The summed E-state index contributed by atoms with van der Waals surface area (Å²) >= 11 is 0. The van der Waals surface area contributed by atoms with Crippen molar-refractivity contribution < 1.29 is 9.84 Å². The first-order valence-corrected chi connectivity index (χ1v) is 6.19. The molecule has 0 bridgehead atoms. The maximum atomic E-state index is 10.5. The summed E-state index contributed by atoms with van der Waals surface area (Å²) in [6.07, 6.45) is 3.95. The van der Waals surface area contributed by atoms with Gasteiger partial charge in [0, 0.05) is 25.5 Å². The summed E-state index contributed by atoms with van der Waals surface area (Å²) in [7, 11) is 0. The van der Waals surface area contributed by atoms with E-state index in [4.69, 9.17) is 4.74 Å². The van der Waals surface area contributed by atoms with Crippen molar-refractivity contribution in [1.82, 2.24) is 5.32 Å². The molecule has 90 valence electrons. The number of rotatable bonds is 5. The Morgan fingerprint density at radius 2 is 2.27 bits per heavy atom. The average Bonchev–Trinajstić information content (AvgIpc) is 2.19. The third-order valence-corrected chi connectivity index (χ3v) is 3.40. The smallest absolute Gasteiger partial charge is 0.0843 e. The summed E-state index contributed by atoms with van der Waals surface area (Å²) in [5.74, 6) is 0. The minimum atomic E-state index is -0.575. The zero-order valence-corrected chi connectivity index (χ0v) is 10.3. The van der Waals surface area contributed by atoms with E-state index in [-0.39, 0.29) is 12.1 Å². The minimum absolute atomic E-state index is 0.158. The molecule has 3 unspecified atom stereocenters. The minimum Gasteiger partial charge on any atom is -0.388 e. The van der Waals surface area contributed by atoms with E-state index in [1.54, 1.807) is 0 Å². The van der Waals surface area contributed by atoms with E-state index in [1.807, 2.05) is 0 Å². The molecule has 3 nitrogen and oxygen atoms in total. The Labute approximate surface area is 93.2 Å².